The number of hydrogen-bond donors (Lipinski definition) is 1. The minimum atomic E-state index is -0.147. The first kappa shape index (κ1) is 23.4. The van der Waals surface area contributed by atoms with Crippen molar-refractivity contribution in [2.45, 2.75) is 32.2 Å². The van der Waals surface area contributed by atoms with Crippen molar-refractivity contribution in [2.24, 2.45) is 0 Å². The molecule has 1 N–H and O–H groups in total. The Labute approximate surface area is 203 Å². The van der Waals surface area contributed by atoms with Crippen molar-refractivity contribution in [3.63, 3.8) is 0 Å². The topological polar surface area (TPSA) is 73.3 Å². The summed E-state index contributed by atoms with van der Waals surface area (Å²) in [6.07, 6.45) is 2.41. The van der Waals surface area contributed by atoms with Crippen molar-refractivity contribution in [1.29, 1.82) is 0 Å². The number of amides is 1. The molecule has 34 heavy (non-hydrogen) atoms. The van der Waals surface area contributed by atoms with Crippen LogP contribution in [0.25, 0.3) is 0 Å². The van der Waals surface area contributed by atoms with E-state index >= 15 is 0 Å². The quantitative estimate of drug-likeness (QED) is 0.321. The van der Waals surface area contributed by atoms with Gasteiger partial charge in [0.25, 0.3) is 11.1 Å². The third kappa shape index (κ3) is 6.42. The Hall–Kier alpha value is -3.71. The molecule has 7 heteroatoms. The maximum Gasteiger partial charge on any atom is 0.298 e. The van der Waals surface area contributed by atoms with Crippen LogP contribution >= 0.6 is 11.5 Å². The summed E-state index contributed by atoms with van der Waals surface area (Å²) in [7, 11) is 1.55. The first-order valence-electron chi connectivity index (χ1n) is 11.2. The van der Waals surface area contributed by atoms with Crippen molar-refractivity contribution in [1.82, 2.24) is 14.7 Å². The molecule has 4 aromatic rings. The number of nitrogens with one attached hydrogen (secondary N) is 1. The van der Waals surface area contributed by atoms with Gasteiger partial charge in [0.05, 0.1) is 7.11 Å². The standard InChI is InChI=1S/C27H27N3O3S/c1-19(13-14-20-9-5-3-6-10-20)28-26(31)22-15-16-23(24(18-22)32-2)33-27-29-25(30-34-27)17-21-11-7-4-8-12-21/h3-12,15-16,18-19H,13-14,17H2,1-2H3,(H,28,31). The molecular weight excluding hydrogens is 446 g/mol. The van der Waals surface area contributed by atoms with Crippen LogP contribution in [0.15, 0.2) is 78.9 Å². The molecule has 0 bridgehead atoms. The average Bonchev–Trinajstić information content (AvgIpc) is 3.30. The van der Waals surface area contributed by atoms with E-state index in [4.69, 9.17) is 9.47 Å². The van der Waals surface area contributed by atoms with Gasteiger partial charge in [-0.25, -0.2) is 0 Å². The molecule has 0 saturated heterocycles. The molecule has 0 aliphatic rings. The molecule has 1 heterocycles. The number of aryl methyl sites for hydroxylation is 1. The van der Waals surface area contributed by atoms with E-state index in [0.29, 0.717) is 34.5 Å². The van der Waals surface area contributed by atoms with E-state index < -0.39 is 0 Å². The summed E-state index contributed by atoms with van der Waals surface area (Å²) in [6, 6.07) is 25.5. The maximum absolute atomic E-state index is 12.8. The summed E-state index contributed by atoms with van der Waals surface area (Å²) in [5.41, 5.74) is 2.91. The van der Waals surface area contributed by atoms with E-state index in [2.05, 4.69) is 26.8 Å². The van der Waals surface area contributed by atoms with E-state index in [1.54, 1.807) is 25.3 Å². The van der Waals surface area contributed by atoms with Gasteiger partial charge in [-0.1, -0.05) is 60.7 Å². The number of carbonyl (C=O) groups is 1. The molecule has 0 saturated carbocycles. The number of carbonyl (C=O) groups excluding carboxylic acids is 1. The van der Waals surface area contributed by atoms with Crippen molar-refractivity contribution in [2.75, 3.05) is 7.11 Å². The van der Waals surface area contributed by atoms with Gasteiger partial charge in [0, 0.05) is 29.6 Å². The lowest BCUT2D eigenvalue weighted by Crippen LogP contribution is -2.32. The minimum Gasteiger partial charge on any atom is -0.493 e. The number of nitrogens with zero attached hydrogens (tertiary/aromatic N) is 2. The van der Waals surface area contributed by atoms with Gasteiger partial charge < -0.3 is 14.8 Å². The molecule has 3 aromatic carbocycles. The zero-order chi connectivity index (χ0) is 23.8. The van der Waals surface area contributed by atoms with Crippen LogP contribution in [0.1, 0.15) is 40.7 Å². The number of ether oxygens (including phenoxy) is 2. The van der Waals surface area contributed by atoms with Gasteiger partial charge in [-0.3, -0.25) is 4.79 Å². The zero-order valence-corrected chi connectivity index (χ0v) is 20.0. The monoisotopic (exact) mass is 473 g/mol. The lowest BCUT2D eigenvalue weighted by Gasteiger charge is -2.15. The van der Waals surface area contributed by atoms with E-state index in [0.717, 1.165) is 18.4 Å². The summed E-state index contributed by atoms with van der Waals surface area (Å²) >= 11 is 1.19. The fourth-order valence-corrected chi connectivity index (χ4v) is 4.09. The normalized spacial score (nSPS) is 11.6. The van der Waals surface area contributed by atoms with Crippen molar-refractivity contribution in [3.8, 4) is 16.7 Å². The minimum absolute atomic E-state index is 0.0408. The van der Waals surface area contributed by atoms with Crippen LogP contribution < -0.4 is 14.8 Å². The summed E-state index contributed by atoms with van der Waals surface area (Å²) in [6.45, 7) is 2.01. The van der Waals surface area contributed by atoms with Gasteiger partial charge >= 0.3 is 0 Å². The highest BCUT2D eigenvalue weighted by atomic mass is 32.1. The highest BCUT2D eigenvalue weighted by molar-refractivity contribution is 7.07. The maximum atomic E-state index is 12.8. The third-order valence-corrected chi connectivity index (χ3v) is 6.00. The Morgan fingerprint density at radius 1 is 0.971 bits per heavy atom. The number of hydrogen-bond acceptors (Lipinski definition) is 6. The highest BCUT2D eigenvalue weighted by Gasteiger charge is 2.15. The molecule has 6 nitrogen and oxygen atoms in total. The lowest BCUT2D eigenvalue weighted by molar-refractivity contribution is 0.0938. The van der Waals surface area contributed by atoms with E-state index in [1.165, 1.54) is 17.1 Å². The van der Waals surface area contributed by atoms with Crippen LogP contribution in [0.5, 0.6) is 16.7 Å². The van der Waals surface area contributed by atoms with Crippen molar-refractivity contribution < 1.29 is 14.3 Å². The lowest BCUT2D eigenvalue weighted by atomic mass is 10.1. The first-order valence-corrected chi connectivity index (χ1v) is 11.9. The average molecular weight is 474 g/mol. The fourth-order valence-electron chi connectivity index (χ4n) is 3.52. The number of rotatable bonds is 10. The fraction of sp³-hybridized carbons (Fsp3) is 0.222. The van der Waals surface area contributed by atoms with Gasteiger partial charge in [0.15, 0.2) is 17.3 Å². The van der Waals surface area contributed by atoms with Crippen LogP contribution in [0.3, 0.4) is 0 Å². The Morgan fingerprint density at radius 2 is 1.68 bits per heavy atom. The molecule has 1 unspecified atom stereocenters. The largest absolute Gasteiger partial charge is 0.493 e. The Kier molecular flexibility index (Phi) is 7.88. The highest BCUT2D eigenvalue weighted by Crippen LogP contribution is 2.33. The van der Waals surface area contributed by atoms with Gasteiger partial charge in [0.1, 0.15) is 0 Å². The predicted molar refractivity (Wildman–Crippen MR) is 134 cm³/mol. The second-order valence-electron chi connectivity index (χ2n) is 8.01. The summed E-state index contributed by atoms with van der Waals surface area (Å²) in [5, 5.41) is 3.48. The molecule has 1 amide bonds. The molecule has 0 aliphatic heterocycles. The van der Waals surface area contributed by atoms with Crippen LogP contribution in [-0.4, -0.2) is 28.4 Å². The molecule has 1 atom stereocenters. The van der Waals surface area contributed by atoms with E-state index in [9.17, 15) is 4.79 Å². The smallest absolute Gasteiger partial charge is 0.298 e. The molecule has 0 fully saturated rings. The molecule has 0 radical (unpaired) electrons. The zero-order valence-electron chi connectivity index (χ0n) is 19.2. The number of aromatic nitrogens is 2. The Balaban J connectivity index is 1.36. The molecule has 4 rings (SSSR count). The van der Waals surface area contributed by atoms with Crippen LogP contribution in [0.2, 0.25) is 0 Å². The van der Waals surface area contributed by atoms with Gasteiger partial charge in [-0.15, -0.1) is 0 Å². The Morgan fingerprint density at radius 3 is 2.38 bits per heavy atom. The molecular formula is C27H27N3O3S. The number of benzene rings is 3. The van der Waals surface area contributed by atoms with E-state index in [1.807, 2.05) is 55.5 Å². The summed E-state index contributed by atoms with van der Waals surface area (Å²) in [4.78, 5) is 17.2. The predicted octanol–water partition coefficient (Wildman–Crippen LogP) is 5.68. The molecule has 0 spiro atoms. The Bertz CT molecular complexity index is 1210. The second-order valence-corrected chi connectivity index (χ2v) is 8.72. The van der Waals surface area contributed by atoms with Crippen molar-refractivity contribution >= 4 is 17.4 Å². The molecule has 1 aromatic heterocycles. The van der Waals surface area contributed by atoms with Crippen molar-refractivity contribution in [3.05, 3.63) is 101 Å². The summed E-state index contributed by atoms with van der Waals surface area (Å²) in [5.74, 6) is 1.50. The van der Waals surface area contributed by atoms with Crippen LogP contribution in [0, 0.1) is 0 Å². The summed E-state index contributed by atoms with van der Waals surface area (Å²) < 4.78 is 15.8. The van der Waals surface area contributed by atoms with Crippen LogP contribution in [-0.2, 0) is 12.8 Å². The van der Waals surface area contributed by atoms with Gasteiger partial charge in [-0.2, -0.15) is 9.36 Å². The van der Waals surface area contributed by atoms with Gasteiger partial charge in [0.2, 0.25) is 0 Å². The second kappa shape index (κ2) is 11.4. The molecule has 0 aliphatic carbocycles. The van der Waals surface area contributed by atoms with E-state index in [-0.39, 0.29) is 11.9 Å². The van der Waals surface area contributed by atoms with Gasteiger partial charge in [-0.05, 0) is 49.1 Å². The molecule has 174 valence electrons. The third-order valence-electron chi connectivity index (χ3n) is 5.36. The SMILES string of the molecule is COc1cc(C(=O)NC(C)CCc2ccccc2)ccc1Oc1nc(Cc2ccccc2)ns1. The number of methoxy groups -OCH3 is 1. The first-order chi connectivity index (χ1) is 16.6. The van der Waals surface area contributed by atoms with Crippen LogP contribution in [0.4, 0.5) is 0 Å².